The first-order valence-electron chi connectivity index (χ1n) is 12.3. The molecule has 0 aliphatic rings. The van der Waals surface area contributed by atoms with Crippen LogP contribution in [0.1, 0.15) is 62.5 Å². The number of benzene rings is 2. The van der Waals surface area contributed by atoms with Crippen LogP contribution in [0.4, 0.5) is 0 Å². The molecule has 0 unspecified atom stereocenters. The highest BCUT2D eigenvalue weighted by atomic mass is 16.6. The maximum atomic E-state index is 11.7. The topological polar surface area (TPSA) is 71.1 Å². The quantitative estimate of drug-likeness (QED) is 0.196. The Hall–Kier alpha value is -2.70. The fourth-order valence-corrected chi connectivity index (χ4v) is 3.35. The third-order valence-electron chi connectivity index (χ3n) is 5.22. The predicted molar refractivity (Wildman–Crippen MR) is 131 cm³/mol. The molecule has 0 saturated carbocycles. The molecule has 0 saturated heterocycles. The summed E-state index contributed by atoms with van der Waals surface area (Å²) in [5.41, 5.74) is 2.21. The van der Waals surface area contributed by atoms with E-state index in [4.69, 9.17) is 18.9 Å². The normalized spacial score (nSPS) is 10.7. The van der Waals surface area contributed by atoms with E-state index in [9.17, 15) is 9.59 Å². The smallest absolute Gasteiger partial charge is 0.305 e. The Morgan fingerprint density at radius 1 is 0.500 bits per heavy atom. The van der Waals surface area contributed by atoms with Crippen LogP contribution in [-0.4, -0.2) is 38.4 Å². The van der Waals surface area contributed by atoms with Gasteiger partial charge in [0.2, 0.25) is 0 Å². The van der Waals surface area contributed by atoms with Crippen molar-refractivity contribution >= 4 is 11.9 Å². The van der Waals surface area contributed by atoms with Gasteiger partial charge in [-0.05, 0) is 24.0 Å². The Morgan fingerprint density at radius 3 is 1.29 bits per heavy atom. The standard InChI is InChI=1S/C28H38O6/c29-27(33-21-19-31-23-25-13-7-5-8-14-25)17-11-3-1-2-4-12-18-28(30)34-22-20-32-24-26-15-9-6-10-16-26/h5-10,13-16H,1-4,11-12,17-24H2. The molecule has 0 bridgehead atoms. The Labute approximate surface area is 203 Å². The third-order valence-corrected chi connectivity index (χ3v) is 5.22. The molecule has 6 heteroatoms. The van der Waals surface area contributed by atoms with Gasteiger partial charge in [0, 0.05) is 12.8 Å². The van der Waals surface area contributed by atoms with Crippen LogP contribution in [0, 0.1) is 0 Å². The summed E-state index contributed by atoms with van der Waals surface area (Å²) in [5, 5.41) is 0. The van der Waals surface area contributed by atoms with Gasteiger partial charge in [-0.1, -0.05) is 86.3 Å². The maximum Gasteiger partial charge on any atom is 0.305 e. The highest BCUT2D eigenvalue weighted by molar-refractivity contribution is 5.69. The van der Waals surface area contributed by atoms with Crippen molar-refractivity contribution in [2.24, 2.45) is 0 Å². The van der Waals surface area contributed by atoms with Gasteiger partial charge >= 0.3 is 11.9 Å². The Balaban J connectivity index is 1.30. The van der Waals surface area contributed by atoms with Crippen molar-refractivity contribution in [3.05, 3.63) is 71.8 Å². The number of ether oxygens (including phenoxy) is 4. The van der Waals surface area contributed by atoms with Gasteiger partial charge in [0.05, 0.1) is 26.4 Å². The Bertz CT molecular complexity index is 710. The van der Waals surface area contributed by atoms with E-state index in [0.29, 0.717) is 52.5 Å². The molecule has 2 aromatic rings. The minimum absolute atomic E-state index is 0.168. The summed E-state index contributed by atoms with van der Waals surface area (Å²) in [6.45, 7) is 2.45. The molecule has 0 aliphatic heterocycles. The fourth-order valence-electron chi connectivity index (χ4n) is 3.35. The van der Waals surface area contributed by atoms with Gasteiger partial charge in [0.25, 0.3) is 0 Å². The second-order valence-corrected chi connectivity index (χ2v) is 8.14. The lowest BCUT2D eigenvalue weighted by Gasteiger charge is -2.07. The van der Waals surface area contributed by atoms with E-state index in [2.05, 4.69) is 0 Å². The summed E-state index contributed by atoms with van der Waals surface area (Å²) >= 11 is 0. The second-order valence-electron chi connectivity index (χ2n) is 8.14. The van der Waals surface area contributed by atoms with Crippen molar-refractivity contribution in [2.45, 2.75) is 64.6 Å². The van der Waals surface area contributed by atoms with Crippen LogP contribution >= 0.6 is 0 Å². The van der Waals surface area contributed by atoms with Crippen molar-refractivity contribution in [3.63, 3.8) is 0 Å². The number of unbranched alkanes of at least 4 members (excludes halogenated alkanes) is 5. The molecule has 0 atom stereocenters. The molecule has 0 fully saturated rings. The third kappa shape index (κ3) is 14.4. The lowest BCUT2D eigenvalue weighted by molar-refractivity contribution is -0.146. The fraction of sp³-hybridized carbons (Fsp3) is 0.500. The Kier molecular flexibility index (Phi) is 15.1. The lowest BCUT2D eigenvalue weighted by atomic mass is 10.1. The van der Waals surface area contributed by atoms with E-state index < -0.39 is 0 Å². The number of hydrogen-bond acceptors (Lipinski definition) is 6. The average Bonchev–Trinajstić information content (AvgIpc) is 2.86. The maximum absolute atomic E-state index is 11.7. The van der Waals surface area contributed by atoms with Crippen molar-refractivity contribution in [3.8, 4) is 0 Å². The van der Waals surface area contributed by atoms with Crippen molar-refractivity contribution in [2.75, 3.05) is 26.4 Å². The van der Waals surface area contributed by atoms with Crippen LogP contribution in [0.3, 0.4) is 0 Å². The van der Waals surface area contributed by atoms with Crippen molar-refractivity contribution in [1.82, 2.24) is 0 Å². The molecule has 2 rings (SSSR count). The summed E-state index contributed by atoms with van der Waals surface area (Å²) in [4.78, 5) is 23.5. The predicted octanol–water partition coefficient (Wildman–Crippen LogP) is 5.63. The van der Waals surface area contributed by atoms with Crippen LogP contribution in [-0.2, 0) is 41.8 Å². The minimum atomic E-state index is -0.168. The van der Waals surface area contributed by atoms with E-state index in [1.807, 2.05) is 60.7 Å². The van der Waals surface area contributed by atoms with E-state index in [0.717, 1.165) is 49.7 Å². The van der Waals surface area contributed by atoms with Gasteiger partial charge in [-0.25, -0.2) is 0 Å². The van der Waals surface area contributed by atoms with Gasteiger partial charge in [-0.15, -0.1) is 0 Å². The number of rotatable bonds is 19. The van der Waals surface area contributed by atoms with Crippen LogP contribution in [0.25, 0.3) is 0 Å². The molecular weight excluding hydrogens is 432 g/mol. The number of carbonyl (C=O) groups excluding carboxylic acids is 2. The van der Waals surface area contributed by atoms with Gasteiger partial charge in [-0.2, -0.15) is 0 Å². The SMILES string of the molecule is O=C(CCCCCCCCC(=O)OCCOCc1ccccc1)OCCOCc1ccccc1. The van der Waals surface area contributed by atoms with Gasteiger partial charge in [-0.3, -0.25) is 9.59 Å². The van der Waals surface area contributed by atoms with Crippen molar-refractivity contribution < 1.29 is 28.5 Å². The molecule has 6 nitrogen and oxygen atoms in total. The van der Waals surface area contributed by atoms with E-state index in [-0.39, 0.29) is 11.9 Å². The van der Waals surface area contributed by atoms with E-state index in [1.54, 1.807) is 0 Å². The average molecular weight is 471 g/mol. The summed E-state index contributed by atoms with van der Waals surface area (Å²) < 4.78 is 21.4. The molecule has 0 radical (unpaired) electrons. The summed E-state index contributed by atoms with van der Waals surface area (Å²) in [7, 11) is 0. The van der Waals surface area contributed by atoms with E-state index >= 15 is 0 Å². The molecule has 0 aliphatic carbocycles. The van der Waals surface area contributed by atoms with Crippen LogP contribution in [0.2, 0.25) is 0 Å². The zero-order chi connectivity index (χ0) is 24.1. The summed E-state index contributed by atoms with van der Waals surface area (Å²) in [5.74, 6) is -0.336. The van der Waals surface area contributed by atoms with E-state index in [1.165, 1.54) is 0 Å². The van der Waals surface area contributed by atoms with Gasteiger partial charge in [0.15, 0.2) is 0 Å². The largest absolute Gasteiger partial charge is 0.463 e. The van der Waals surface area contributed by atoms with Crippen molar-refractivity contribution in [1.29, 1.82) is 0 Å². The zero-order valence-electron chi connectivity index (χ0n) is 20.1. The molecule has 34 heavy (non-hydrogen) atoms. The summed E-state index contributed by atoms with van der Waals surface area (Å²) in [6, 6.07) is 19.8. The minimum Gasteiger partial charge on any atom is -0.463 e. The van der Waals surface area contributed by atoms with Crippen LogP contribution < -0.4 is 0 Å². The lowest BCUT2D eigenvalue weighted by Crippen LogP contribution is -2.10. The van der Waals surface area contributed by atoms with Gasteiger partial charge < -0.3 is 18.9 Å². The number of esters is 2. The first kappa shape index (κ1) is 27.5. The molecule has 186 valence electrons. The zero-order valence-corrected chi connectivity index (χ0v) is 20.1. The van der Waals surface area contributed by atoms with Gasteiger partial charge in [0.1, 0.15) is 13.2 Å². The number of hydrogen-bond donors (Lipinski definition) is 0. The van der Waals surface area contributed by atoms with Crippen LogP contribution in [0.5, 0.6) is 0 Å². The highest BCUT2D eigenvalue weighted by Gasteiger charge is 2.04. The monoisotopic (exact) mass is 470 g/mol. The molecule has 0 N–H and O–H groups in total. The molecule has 0 amide bonds. The second kappa shape index (κ2) is 18.7. The summed E-state index contributed by atoms with van der Waals surface area (Å²) in [6.07, 6.45) is 6.62. The molecule has 0 spiro atoms. The molecular formula is C28H38O6. The van der Waals surface area contributed by atoms with Crippen LogP contribution in [0.15, 0.2) is 60.7 Å². The highest BCUT2D eigenvalue weighted by Crippen LogP contribution is 2.10. The number of carbonyl (C=O) groups is 2. The molecule has 2 aromatic carbocycles. The molecule has 0 heterocycles. The molecule has 0 aromatic heterocycles. The first-order valence-corrected chi connectivity index (χ1v) is 12.3. The first-order chi connectivity index (χ1) is 16.7. The Morgan fingerprint density at radius 2 is 0.882 bits per heavy atom.